The summed E-state index contributed by atoms with van der Waals surface area (Å²) in [5.41, 5.74) is 6.23. The van der Waals surface area contributed by atoms with Crippen LogP contribution in [0.25, 0.3) is 0 Å². The van der Waals surface area contributed by atoms with Gasteiger partial charge in [-0.3, -0.25) is 4.90 Å². The Hall–Kier alpha value is -0.0800. The fourth-order valence-corrected chi connectivity index (χ4v) is 3.71. The molecule has 2 rings (SSSR count). The third-order valence-corrected chi connectivity index (χ3v) is 4.37. The van der Waals surface area contributed by atoms with Crippen LogP contribution in [0.4, 0.5) is 0 Å². The Labute approximate surface area is 101 Å². The second kappa shape index (κ2) is 5.50. The number of hydrogen-bond donors (Lipinski definition) is 1. The first-order valence-corrected chi connectivity index (χ1v) is 7.16. The van der Waals surface area contributed by atoms with E-state index in [2.05, 4.69) is 18.7 Å². The molecule has 3 unspecified atom stereocenters. The van der Waals surface area contributed by atoms with Crippen molar-refractivity contribution < 1.29 is 0 Å². The van der Waals surface area contributed by atoms with Crippen LogP contribution < -0.4 is 5.73 Å². The van der Waals surface area contributed by atoms with Crippen LogP contribution in [0, 0.1) is 11.8 Å². The van der Waals surface area contributed by atoms with Gasteiger partial charge in [0, 0.05) is 18.6 Å². The summed E-state index contributed by atoms with van der Waals surface area (Å²) in [6.07, 6.45) is 8.41. The molecule has 0 amide bonds. The predicted octanol–water partition coefficient (Wildman–Crippen LogP) is 2.62. The van der Waals surface area contributed by atoms with E-state index in [1.165, 1.54) is 45.1 Å². The maximum Gasteiger partial charge on any atom is 0.0170 e. The van der Waals surface area contributed by atoms with E-state index in [1.54, 1.807) is 0 Å². The number of hydrogen-bond acceptors (Lipinski definition) is 2. The van der Waals surface area contributed by atoms with Gasteiger partial charge in [0.2, 0.25) is 0 Å². The fourth-order valence-electron chi connectivity index (χ4n) is 3.71. The van der Waals surface area contributed by atoms with Crippen molar-refractivity contribution in [3.63, 3.8) is 0 Å². The second-order valence-corrected chi connectivity index (χ2v) is 6.29. The average Bonchev–Trinajstić information content (AvgIpc) is 2.61. The summed E-state index contributed by atoms with van der Waals surface area (Å²) in [5, 5.41) is 0. The van der Waals surface area contributed by atoms with Gasteiger partial charge in [-0.05, 0) is 44.1 Å². The van der Waals surface area contributed by atoms with Gasteiger partial charge in [-0.15, -0.1) is 0 Å². The normalized spacial score (nSPS) is 33.0. The van der Waals surface area contributed by atoms with E-state index in [0.717, 1.165) is 24.4 Å². The third kappa shape index (κ3) is 2.98. The molecular weight excluding hydrogens is 196 g/mol. The van der Waals surface area contributed by atoms with Crippen LogP contribution >= 0.6 is 0 Å². The van der Waals surface area contributed by atoms with Crippen LogP contribution in [0.1, 0.15) is 52.4 Å². The van der Waals surface area contributed by atoms with Crippen molar-refractivity contribution in [3.8, 4) is 0 Å². The topological polar surface area (TPSA) is 29.3 Å². The molecule has 0 radical (unpaired) electrons. The zero-order valence-corrected chi connectivity index (χ0v) is 11.0. The van der Waals surface area contributed by atoms with Gasteiger partial charge in [0.15, 0.2) is 0 Å². The molecular formula is C14H28N2. The lowest BCUT2D eigenvalue weighted by atomic mass is 9.85. The number of likely N-dealkylation sites (tertiary alicyclic amines) is 1. The summed E-state index contributed by atoms with van der Waals surface area (Å²) in [5.74, 6) is 1.74. The lowest BCUT2D eigenvalue weighted by Crippen LogP contribution is -2.43. The summed E-state index contributed by atoms with van der Waals surface area (Å²) in [7, 11) is 0. The van der Waals surface area contributed by atoms with Gasteiger partial charge in [0.1, 0.15) is 0 Å². The Morgan fingerprint density at radius 1 is 1.19 bits per heavy atom. The van der Waals surface area contributed by atoms with Crippen LogP contribution in [-0.2, 0) is 0 Å². The van der Waals surface area contributed by atoms with Crippen LogP contribution in [0.2, 0.25) is 0 Å². The molecule has 2 N–H and O–H groups in total. The van der Waals surface area contributed by atoms with Crippen molar-refractivity contribution in [1.82, 2.24) is 4.90 Å². The molecule has 94 valence electrons. The Morgan fingerprint density at radius 2 is 1.94 bits per heavy atom. The molecule has 1 saturated carbocycles. The molecule has 0 bridgehead atoms. The van der Waals surface area contributed by atoms with Gasteiger partial charge in [-0.2, -0.15) is 0 Å². The summed E-state index contributed by atoms with van der Waals surface area (Å²) in [6, 6.07) is 1.27. The quantitative estimate of drug-likeness (QED) is 0.795. The van der Waals surface area contributed by atoms with E-state index in [1.807, 2.05) is 0 Å². The molecule has 0 spiro atoms. The Kier molecular flexibility index (Phi) is 4.26. The van der Waals surface area contributed by atoms with E-state index < -0.39 is 0 Å². The Bertz CT molecular complexity index is 215. The van der Waals surface area contributed by atoms with Crippen LogP contribution in [-0.4, -0.2) is 30.1 Å². The number of fused-ring (bicyclic) bond motifs is 1. The van der Waals surface area contributed by atoms with Gasteiger partial charge in [-0.25, -0.2) is 0 Å². The van der Waals surface area contributed by atoms with Crippen LogP contribution in [0.15, 0.2) is 0 Å². The minimum absolute atomic E-state index is 0.390. The molecule has 16 heavy (non-hydrogen) atoms. The van der Waals surface area contributed by atoms with Gasteiger partial charge in [0.25, 0.3) is 0 Å². The molecule has 1 aliphatic heterocycles. The van der Waals surface area contributed by atoms with E-state index in [4.69, 9.17) is 5.73 Å². The minimum atomic E-state index is 0.390. The Morgan fingerprint density at radius 3 is 2.69 bits per heavy atom. The highest BCUT2D eigenvalue weighted by Crippen LogP contribution is 2.36. The SMILES string of the molecule is CC(C)CC(N)CN1CCC2CCCCC21. The first-order chi connectivity index (χ1) is 7.66. The van der Waals surface area contributed by atoms with Gasteiger partial charge < -0.3 is 5.73 Å². The average molecular weight is 224 g/mol. The summed E-state index contributed by atoms with van der Waals surface area (Å²) in [6.45, 7) is 6.99. The zero-order valence-electron chi connectivity index (χ0n) is 11.0. The van der Waals surface area contributed by atoms with Gasteiger partial charge in [0.05, 0.1) is 0 Å². The molecule has 3 atom stereocenters. The molecule has 0 aromatic heterocycles. The standard InChI is InChI=1S/C14H28N2/c1-11(2)9-13(15)10-16-8-7-12-5-3-4-6-14(12)16/h11-14H,3-10,15H2,1-2H3. The summed E-state index contributed by atoms with van der Waals surface area (Å²) < 4.78 is 0. The third-order valence-electron chi connectivity index (χ3n) is 4.37. The van der Waals surface area contributed by atoms with E-state index in [-0.39, 0.29) is 0 Å². The highest BCUT2D eigenvalue weighted by atomic mass is 15.2. The first kappa shape index (κ1) is 12.4. The van der Waals surface area contributed by atoms with Crippen molar-refractivity contribution in [2.75, 3.05) is 13.1 Å². The highest BCUT2D eigenvalue weighted by molar-refractivity contribution is 4.91. The van der Waals surface area contributed by atoms with Gasteiger partial charge in [-0.1, -0.05) is 26.7 Å². The number of nitrogens with zero attached hydrogens (tertiary/aromatic N) is 1. The molecule has 0 aromatic rings. The van der Waals surface area contributed by atoms with Crippen molar-refractivity contribution in [2.24, 2.45) is 17.6 Å². The van der Waals surface area contributed by atoms with E-state index in [9.17, 15) is 0 Å². The summed E-state index contributed by atoms with van der Waals surface area (Å²) >= 11 is 0. The molecule has 0 aromatic carbocycles. The molecule has 1 saturated heterocycles. The van der Waals surface area contributed by atoms with Gasteiger partial charge >= 0.3 is 0 Å². The van der Waals surface area contributed by atoms with E-state index in [0.29, 0.717) is 6.04 Å². The smallest absolute Gasteiger partial charge is 0.0170 e. The van der Waals surface area contributed by atoms with Crippen molar-refractivity contribution in [1.29, 1.82) is 0 Å². The predicted molar refractivity (Wildman–Crippen MR) is 69.4 cm³/mol. The molecule has 2 heteroatoms. The van der Waals surface area contributed by atoms with Crippen molar-refractivity contribution in [2.45, 2.75) is 64.5 Å². The molecule has 2 fully saturated rings. The lowest BCUT2D eigenvalue weighted by molar-refractivity contribution is 0.169. The van der Waals surface area contributed by atoms with E-state index >= 15 is 0 Å². The van der Waals surface area contributed by atoms with Crippen LogP contribution in [0.3, 0.4) is 0 Å². The van der Waals surface area contributed by atoms with Crippen molar-refractivity contribution >= 4 is 0 Å². The minimum Gasteiger partial charge on any atom is -0.327 e. The highest BCUT2D eigenvalue weighted by Gasteiger charge is 2.35. The molecule has 1 aliphatic carbocycles. The molecule has 2 nitrogen and oxygen atoms in total. The largest absolute Gasteiger partial charge is 0.327 e. The maximum atomic E-state index is 6.23. The number of rotatable bonds is 4. The molecule has 1 heterocycles. The fraction of sp³-hybridized carbons (Fsp3) is 1.00. The monoisotopic (exact) mass is 224 g/mol. The molecule has 2 aliphatic rings. The van der Waals surface area contributed by atoms with Crippen molar-refractivity contribution in [3.05, 3.63) is 0 Å². The maximum absolute atomic E-state index is 6.23. The zero-order chi connectivity index (χ0) is 11.5. The number of nitrogens with two attached hydrogens (primary N) is 1. The first-order valence-electron chi connectivity index (χ1n) is 7.16. The summed E-state index contributed by atoms with van der Waals surface area (Å²) in [4.78, 5) is 2.69. The Balaban J connectivity index is 1.81. The van der Waals surface area contributed by atoms with Crippen LogP contribution in [0.5, 0.6) is 0 Å². The second-order valence-electron chi connectivity index (χ2n) is 6.29. The lowest BCUT2D eigenvalue weighted by Gasteiger charge is -2.33.